The van der Waals surface area contributed by atoms with Gasteiger partial charge in [-0.25, -0.2) is 4.98 Å². The molecule has 0 spiro atoms. The fourth-order valence-corrected chi connectivity index (χ4v) is 3.93. The standard InChI is InChI=1S/C23H22F3N3O/c24-23(25,26)19-7-3-2-6-18(19)22(30)28-17-12-10-16(11-13-17)27-21-14-9-15-5-1-4-8-20(15)29-21/h1-9,14,16-17H,10-13H2,(H,27,29)(H,28,30). The number of carbonyl (C=O) groups excluding carboxylic acids is 1. The average Bonchev–Trinajstić information content (AvgIpc) is 2.74. The minimum Gasteiger partial charge on any atom is -0.367 e. The van der Waals surface area contributed by atoms with E-state index in [2.05, 4.69) is 15.6 Å². The first-order chi connectivity index (χ1) is 14.4. The van der Waals surface area contributed by atoms with Gasteiger partial charge in [-0.1, -0.05) is 30.3 Å². The van der Waals surface area contributed by atoms with Crippen molar-refractivity contribution in [1.29, 1.82) is 0 Å². The lowest BCUT2D eigenvalue weighted by Gasteiger charge is -2.30. The Morgan fingerprint density at radius 1 is 0.867 bits per heavy atom. The van der Waals surface area contributed by atoms with E-state index in [9.17, 15) is 18.0 Å². The van der Waals surface area contributed by atoms with E-state index in [0.29, 0.717) is 12.8 Å². The predicted molar refractivity (Wildman–Crippen MR) is 110 cm³/mol. The Kier molecular flexibility index (Phi) is 5.61. The summed E-state index contributed by atoms with van der Waals surface area (Å²) in [5.41, 5.74) is -0.308. The van der Waals surface area contributed by atoms with Gasteiger partial charge in [0.15, 0.2) is 0 Å². The minimum absolute atomic E-state index is 0.138. The highest BCUT2D eigenvalue weighted by Gasteiger charge is 2.35. The van der Waals surface area contributed by atoms with Gasteiger partial charge >= 0.3 is 6.18 Å². The summed E-state index contributed by atoms with van der Waals surface area (Å²) >= 11 is 0. The number of para-hydroxylation sites is 1. The molecule has 0 bridgehead atoms. The van der Waals surface area contributed by atoms with Gasteiger partial charge in [0.25, 0.3) is 5.91 Å². The number of fused-ring (bicyclic) bond motifs is 1. The van der Waals surface area contributed by atoms with Gasteiger partial charge in [-0.2, -0.15) is 13.2 Å². The molecule has 3 aromatic rings. The molecule has 0 saturated heterocycles. The number of nitrogens with zero attached hydrogens (tertiary/aromatic N) is 1. The number of halogens is 3. The van der Waals surface area contributed by atoms with Crippen LogP contribution < -0.4 is 10.6 Å². The Labute approximate surface area is 172 Å². The van der Waals surface area contributed by atoms with Crippen LogP contribution in [0.15, 0.2) is 60.7 Å². The third-order valence-corrected chi connectivity index (χ3v) is 5.49. The predicted octanol–water partition coefficient (Wildman–Crippen LogP) is 5.41. The molecule has 1 fully saturated rings. The fourth-order valence-electron chi connectivity index (χ4n) is 3.93. The van der Waals surface area contributed by atoms with Crippen molar-refractivity contribution in [2.24, 2.45) is 0 Å². The number of amides is 1. The number of rotatable bonds is 4. The number of nitrogens with one attached hydrogen (secondary N) is 2. The van der Waals surface area contributed by atoms with Crippen LogP contribution in [0.3, 0.4) is 0 Å². The summed E-state index contributed by atoms with van der Waals surface area (Å²) in [5, 5.41) is 7.29. The van der Waals surface area contributed by atoms with Crippen molar-refractivity contribution < 1.29 is 18.0 Å². The molecule has 1 saturated carbocycles. The third-order valence-electron chi connectivity index (χ3n) is 5.49. The summed E-state index contributed by atoms with van der Waals surface area (Å²) in [4.78, 5) is 17.1. The molecule has 7 heteroatoms. The molecular formula is C23H22F3N3O. The topological polar surface area (TPSA) is 54.0 Å². The summed E-state index contributed by atoms with van der Waals surface area (Å²) in [7, 11) is 0. The smallest absolute Gasteiger partial charge is 0.367 e. The lowest BCUT2D eigenvalue weighted by atomic mass is 9.90. The molecule has 2 N–H and O–H groups in total. The van der Waals surface area contributed by atoms with E-state index in [1.165, 1.54) is 18.2 Å². The van der Waals surface area contributed by atoms with Gasteiger partial charge < -0.3 is 10.6 Å². The van der Waals surface area contributed by atoms with E-state index in [0.717, 1.165) is 35.6 Å². The SMILES string of the molecule is O=C(NC1CCC(Nc2ccc3ccccc3n2)CC1)c1ccccc1C(F)(F)F. The summed E-state index contributed by atoms with van der Waals surface area (Å²) in [5.74, 6) is 0.135. The van der Waals surface area contributed by atoms with Crippen LogP contribution in [0, 0.1) is 0 Å². The van der Waals surface area contributed by atoms with Crippen LogP contribution in [-0.2, 0) is 6.18 Å². The molecule has 1 aliphatic rings. The third kappa shape index (κ3) is 4.56. The largest absolute Gasteiger partial charge is 0.417 e. The van der Waals surface area contributed by atoms with Crippen LogP contribution in [0.2, 0.25) is 0 Å². The van der Waals surface area contributed by atoms with E-state index >= 15 is 0 Å². The van der Waals surface area contributed by atoms with Crippen molar-refractivity contribution >= 4 is 22.6 Å². The normalized spacial score (nSPS) is 19.4. The van der Waals surface area contributed by atoms with Crippen LogP contribution in [-0.4, -0.2) is 23.0 Å². The summed E-state index contributed by atoms with van der Waals surface area (Å²) in [6.07, 6.45) is -1.54. The van der Waals surface area contributed by atoms with Gasteiger partial charge in [0.05, 0.1) is 16.6 Å². The second-order valence-corrected chi connectivity index (χ2v) is 7.60. The number of aromatic nitrogens is 1. The fraction of sp³-hybridized carbons (Fsp3) is 0.304. The lowest BCUT2D eigenvalue weighted by molar-refractivity contribution is -0.137. The number of alkyl halides is 3. The highest BCUT2D eigenvalue weighted by molar-refractivity contribution is 5.96. The van der Waals surface area contributed by atoms with Crippen LogP contribution in [0.25, 0.3) is 10.9 Å². The minimum atomic E-state index is -4.55. The Morgan fingerprint density at radius 3 is 2.30 bits per heavy atom. The molecule has 2 aromatic carbocycles. The maximum absolute atomic E-state index is 13.1. The first kappa shape index (κ1) is 20.2. The molecule has 0 unspecified atom stereocenters. The number of pyridine rings is 1. The molecule has 0 radical (unpaired) electrons. The zero-order valence-corrected chi connectivity index (χ0v) is 16.2. The summed E-state index contributed by atoms with van der Waals surface area (Å²) in [6, 6.07) is 16.8. The van der Waals surface area contributed by atoms with Gasteiger partial charge in [0.1, 0.15) is 5.82 Å². The molecule has 1 aliphatic carbocycles. The van der Waals surface area contributed by atoms with E-state index in [-0.39, 0.29) is 17.6 Å². The molecule has 4 rings (SSSR count). The average molecular weight is 413 g/mol. The molecule has 4 nitrogen and oxygen atoms in total. The quantitative estimate of drug-likeness (QED) is 0.602. The van der Waals surface area contributed by atoms with E-state index in [1.807, 2.05) is 36.4 Å². The van der Waals surface area contributed by atoms with Crippen molar-refractivity contribution in [3.05, 3.63) is 71.8 Å². The van der Waals surface area contributed by atoms with Crippen molar-refractivity contribution in [2.75, 3.05) is 5.32 Å². The molecule has 1 amide bonds. The summed E-state index contributed by atoms with van der Waals surface area (Å²) in [6.45, 7) is 0. The van der Waals surface area contributed by atoms with Crippen molar-refractivity contribution in [3.63, 3.8) is 0 Å². The number of benzene rings is 2. The lowest BCUT2D eigenvalue weighted by Crippen LogP contribution is -2.40. The van der Waals surface area contributed by atoms with E-state index < -0.39 is 17.6 Å². The van der Waals surface area contributed by atoms with Gasteiger partial charge in [-0.05, 0) is 56.0 Å². The molecular weight excluding hydrogens is 391 g/mol. The molecule has 30 heavy (non-hydrogen) atoms. The second-order valence-electron chi connectivity index (χ2n) is 7.60. The molecule has 0 aliphatic heterocycles. The first-order valence-electron chi connectivity index (χ1n) is 9.99. The maximum atomic E-state index is 13.1. The van der Waals surface area contributed by atoms with E-state index in [1.54, 1.807) is 0 Å². The van der Waals surface area contributed by atoms with Gasteiger partial charge in [-0.15, -0.1) is 0 Å². The Hall–Kier alpha value is -3.09. The Bertz CT molecular complexity index is 1040. The number of carbonyl (C=O) groups is 1. The monoisotopic (exact) mass is 413 g/mol. The number of hydrogen-bond donors (Lipinski definition) is 2. The highest BCUT2D eigenvalue weighted by Crippen LogP contribution is 2.32. The highest BCUT2D eigenvalue weighted by atomic mass is 19.4. The number of hydrogen-bond acceptors (Lipinski definition) is 3. The van der Waals surface area contributed by atoms with Crippen LogP contribution >= 0.6 is 0 Å². The molecule has 156 valence electrons. The van der Waals surface area contributed by atoms with Crippen molar-refractivity contribution in [1.82, 2.24) is 10.3 Å². The Morgan fingerprint density at radius 2 is 1.53 bits per heavy atom. The maximum Gasteiger partial charge on any atom is 0.417 e. The first-order valence-corrected chi connectivity index (χ1v) is 9.99. The van der Waals surface area contributed by atoms with E-state index in [4.69, 9.17) is 0 Å². The van der Waals surface area contributed by atoms with Gasteiger partial charge in [0, 0.05) is 17.5 Å². The van der Waals surface area contributed by atoms with Crippen molar-refractivity contribution in [3.8, 4) is 0 Å². The zero-order valence-electron chi connectivity index (χ0n) is 16.2. The van der Waals surface area contributed by atoms with Crippen LogP contribution in [0.4, 0.5) is 19.0 Å². The molecule has 1 aromatic heterocycles. The van der Waals surface area contributed by atoms with Gasteiger partial charge in [-0.3, -0.25) is 4.79 Å². The van der Waals surface area contributed by atoms with Crippen LogP contribution in [0.5, 0.6) is 0 Å². The zero-order chi connectivity index (χ0) is 21.1. The van der Waals surface area contributed by atoms with Crippen LogP contribution in [0.1, 0.15) is 41.6 Å². The Balaban J connectivity index is 1.34. The molecule has 0 atom stereocenters. The number of anilines is 1. The second kappa shape index (κ2) is 8.34. The molecule has 1 heterocycles. The summed E-state index contributed by atoms with van der Waals surface area (Å²) < 4.78 is 39.4. The van der Waals surface area contributed by atoms with Gasteiger partial charge in [0.2, 0.25) is 0 Å². The van der Waals surface area contributed by atoms with Crippen molar-refractivity contribution in [2.45, 2.75) is 43.9 Å².